The van der Waals surface area contributed by atoms with Crippen LogP contribution in [0.4, 0.5) is 10.1 Å². The number of fused-ring (bicyclic) bond motifs is 1. The second-order valence-electron chi connectivity index (χ2n) is 5.31. The first-order chi connectivity index (χ1) is 11.7. The van der Waals surface area contributed by atoms with Crippen LogP contribution in [0.3, 0.4) is 0 Å². The zero-order chi connectivity index (χ0) is 16.9. The number of rotatable bonds is 7. The van der Waals surface area contributed by atoms with E-state index < -0.39 is 0 Å². The number of aryl methyl sites for hydroxylation is 1. The number of hydrogen-bond acceptors (Lipinski definition) is 8. The fourth-order valence-corrected chi connectivity index (χ4v) is 5.31. The summed E-state index contributed by atoms with van der Waals surface area (Å²) in [5.74, 6) is 0.144. The molecule has 1 amide bonds. The topological polar surface area (TPSA) is 90.7 Å². The number of thiophene rings is 1. The Balaban J connectivity index is 1.55. The van der Waals surface area contributed by atoms with E-state index in [1.165, 1.54) is 39.3 Å². The molecule has 24 heavy (non-hydrogen) atoms. The molecule has 126 valence electrons. The van der Waals surface area contributed by atoms with E-state index in [0.29, 0.717) is 10.6 Å². The molecular weight excluding hydrogens is 362 g/mol. The first-order valence-corrected chi connectivity index (χ1v) is 10.4. The van der Waals surface area contributed by atoms with Gasteiger partial charge in [0.05, 0.1) is 11.3 Å². The summed E-state index contributed by atoms with van der Waals surface area (Å²) >= 11 is 4.35. The highest BCUT2D eigenvalue weighted by Gasteiger charge is 2.23. The average Bonchev–Trinajstić information content (AvgIpc) is 3.26. The molecule has 6 nitrogen and oxygen atoms in total. The monoisotopic (exact) mass is 379 g/mol. The number of nitriles is 1. The fraction of sp³-hybridized carbons (Fsp3) is 0.467. The van der Waals surface area contributed by atoms with Crippen molar-refractivity contribution >= 4 is 50.5 Å². The van der Waals surface area contributed by atoms with Crippen molar-refractivity contribution in [1.82, 2.24) is 10.2 Å². The van der Waals surface area contributed by atoms with Crippen molar-refractivity contribution in [3.8, 4) is 6.07 Å². The van der Waals surface area contributed by atoms with Crippen LogP contribution >= 0.6 is 34.4 Å². The van der Waals surface area contributed by atoms with Gasteiger partial charge in [0.2, 0.25) is 11.0 Å². The standard InChI is InChI=1S/C15H17N5OS3/c1-2-6-17-14-19-20-15(24-14)22-8-12(21)18-13-10(7-16)9-4-3-5-11(9)23-13/h2-6,8H2,1H3,(H,17,19)(H,18,21). The van der Waals surface area contributed by atoms with Gasteiger partial charge in [-0.3, -0.25) is 4.79 Å². The molecule has 0 saturated carbocycles. The van der Waals surface area contributed by atoms with Crippen LogP contribution in [0.5, 0.6) is 0 Å². The summed E-state index contributed by atoms with van der Waals surface area (Å²) in [6.07, 6.45) is 4.08. The number of carbonyl (C=O) groups excluding carboxylic acids is 1. The van der Waals surface area contributed by atoms with E-state index in [9.17, 15) is 10.1 Å². The van der Waals surface area contributed by atoms with Crippen molar-refractivity contribution in [2.45, 2.75) is 36.9 Å². The summed E-state index contributed by atoms with van der Waals surface area (Å²) in [5, 5.41) is 25.0. The molecule has 0 aromatic carbocycles. The number of carbonyl (C=O) groups is 1. The third-order valence-corrected chi connectivity index (χ3v) is 6.77. The van der Waals surface area contributed by atoms with Gasteiger partial charge in [0, 0.05) is 11.4 Å². The van der Waals surface area contributed by atoms with Gasteiger partial charge < -0.3 is 10.6 Å². The Kier molecular flexibility index (Phi) is 5.71. The van der Waals surface area contributed by atoms with E-state index in [1.807, 2.05) is 0 Å². The van der Waals surface area contributed by atoms with Gasteiger partial charge in [-0.25, -0.2) is 0 Å². The Morgan fingerprint density at radius 3 is 3.04 bits per heavy atom. The SMILES string of the molecule is CCCNc1nnc(SCC(=O)Nc2sc3c(c2C#N)CCC3)s1. The molecule has 0 fully saturated rings. The van der Waals surface area contributed by atoms with Gasteiger partial charge in [-0.2, -0.15) is 5.26 Å². The molecule has 0 saturated heterocycles. The minimum absolute atomic E-state index is 0.116. The number of thioether (sulfide) groups is 1. The van der Waals surface area contributed by atoms with Gasteiger partial charge in [0.25, 0.3) is 0 Å². The summed E-state index contributed by atoms with van der Waals surface area (Å²) in [6, 6.07) is 2.24. The van der Waals surface area contributed by atoms with Crippen molar-refractivity contribution in [3.05, 3.63) is 16.0 Å². The van der Waals surface area contributed by atoms with Crippen LogP contribution in [-0.4, -0.2) is 28.4 Å². The maximum atomic E-state index is 12.2. The smallest absolute Gasteiger partial charge is 0.235 e. The quantitative estimate of drug-likeness (QED) is 0.716. The van der Waals surface area contributed by atoms with Crippen molar-refractivity contribution in [2.75, 3.05) is 22.9 Å². The first-order valence-electron chi connectivity index (χ1n) is 7.76. The van der Waals surface area contributed by atoms with Crippen molar-refractivity contribution in [3.63, 3.8) is 0 Å². The molecule has 0 atom stereocenters. The lowest BCUT2D eigenvalue weighted by molar-refractivity contribution is -0.113. The number of aromatic nitrogens is 2. The Morgan fingerprint density at radius 2 is 2.25 bits per heavy atom. The largest absolute Gasteiger partial charge is 0.360 e. The molecule has 1 aliphatic rings. The highest BCUT2D eigenvalue weighted by molar-refractivity contribution is 8.01. The molecule has 2 N–H and O–H groups in total. The number of amides is 1. The van der Waals surface area contributed by atoms with Gasteiger partial charge in [-0.05, 0) is 31.2 Å². The van der Waals surface area contributed by atoms with E-state index >= 15 is 0 Å². The highest BCUT2D eigenvalue weighted by Crippen LogP contribution is 2.38. The molecular formula is C15H17N5OS3. The van der Waals surface area contributed by atoms with Crippen LogP contribution < -0.4 is 10.6 Å². The molecule has 1 aliphatic carbocycles. The van der Waals surface area contributed by atoms with Gasteiger partial charge >= 0.3 is 0 Å². The molecule has 3 rings (SSSR count). The van der Waals surface area contributed by atoms with Gasteiger partial charge in [-0.15, -0.1) is 21.5 Å². The van der Waals surface area contributed by atoms with Crippen LogP contribution in [-0.2, 0) is 17.6 Å². The van der Waals surface area contributed by atoms with E-state index in [0.717, 1.165) is 47.3 Å². The Hall–Kier alpha value is -1.63. The van der Waals surface area contributed by atoms with Crippen molar-refractivity contribution in [1.29, 1.82) is 5.26 Å². The van der Waals surface area contributed by atoms with Crippen molar-refractivity contribution < 1.29 is 4.79 Å². The molecule has 0 spiro atoms. The number of nitrogens with one attached hydrogen (secondary N) is 2. The lowest BCUT2D eigenvalue weighted by atomic mass is 10.1. The lowest BCUT2D eigenvalue weighted by Gasteiger charge is -2.02. The third-order valence-electron chi connectivity index (χ3n) is 3.55. The van der Waals surface area contributed by atoms with Gasteiger partial charge in [0.1, 0.15) is 11.1 Å². The zero-order valence-electron chi connectivity index (χ0n) is 13.2. The molecule has 9 heteroatoms. The average molecular weight is 380 g/mol. The molecule has 2 aromatic rings. The number of hydrogen-bond donors (Lipinski definition) is 2. The summed E-state index contributed by atoms with van der Waals surface area (Å²) in [6.45, 7) is 2.95. The summed E-state index contributed by atoms with van der Waals surface area (Å²) in [7, 11) is 0. The number of anilines is 2. The predicted octanol–water partition coefficient (Wildman–Crippen LogP) is 3.51. The Bertz CT molecular complexity index is 777. The lowest BCUT2D eigenvalue weighted by Crippen LogP contribution is -2.13. The second kappa shape index (κ2) is 7.96. The summed E-state index contributed by atoms with van der Waals surface area (Å²) < 4.78 is 0.762. The molecule has 0 bridgehead atoms. The summed E-state index contributed by atoms with van der Waals surface area (Å²) in [5.41, 5.74) is 1.77. The fourth-order valence-electron chi connectivity index (χ4n) is 2.47. The van der Waals surface area contributed by atoms with Crippen LogP contribution in [0.15, 0.2) is 4.34 Å². The molecule has 0 aliphatic heterocycles. The van der Waals surface area contributed by atoms with Crippen LogP contribution in [0.1, 0.15) is 35.8 Å². The minimum Gasteiger partial charge on any atom is -0.360 e. The molecule has 2 heterocycles. The molecule has 0 unspecified atom stereocenters. The maximum absolute atomic E-state index is 12.2. The summed E-state index contributed by atoms with van der Waals surface area (Å²) in [4.78, 5) is 13.4. The maximum Gasteiger partial charge on any atom is 0.235 e. The van der Waals surface area contributed by atoms with Crippen LogP contribution in [0, 0.1) is 11.3 Å². The van der Waals surface area contributed by atoms with E-state index in [1.54, 1.807) is 0 Å². The number of nitrogens with zero attached hydrogens (tertiary/aromatic N) is 3. The normalized spacial score (nSPS) is 12.7. The third kappa shape index (κ3) is 3.88. The molecule has 0 radical (unpaired) electrons. The predicted molar refractivity (Wildman–Crippen MR) is 99.1 cm³/mol. The minimum atomic E-state index is -0.116. The second-order valence-corrected chi connectivity index (χ2v) is 8.62. The van der Waals surface area contributed by atoms with E-state index in [2.05, 4.69) is 33.8 Å². The zero-order valence-corrected chi connectivity index (χ0v) is 15.7. The van der Waals surface area contributed by atoms with E-state index in [-0.39, 0.29) is 11.7 Å². The Labute approximate surface area is 152 Å². The molecule has 2 aromatic heterocycles. The van der Waals surface area contributed by atoms with Gasteiger partial charge in [0.15, 0.2) is 4.34 Å². The van der Waals surface area contributed by atoms with Crippen LogP contribution in [0.2, 0.25) is 0 Å². The van der Waals surface area contributed by atoms with Crippen molar-refractivity contribution in [2.24, 2.45) is 0 Å². The van der Waals surface area contributed by atoms with E-state index in [4.69, 9.17) is 0 Å². The van der Waals surface area contributed by atoms with Crippen LogP contribution in [0.25, 0.3) is 0 Å². The van der Waals surface area contributed by atoms with Gasteiger partial charge in [-0.1, -0.05) is 30.0 Å². The first kappa shape index (κ1) is 17.2. The Morgan fingerprint density at radius 1 is 1.38 bits per heavy atom. The highest BCUT2D eigenvalue weighted by atomic mass is 32.2.